The number of benzene rings is 1. The van der Waals surface area contributed by atoms with Gasteiger partial charge in [0.2, 0.25) is 11.8 Å². The smallest absolute Gasteiger partial charge is 0.322 e. The Morgan fingerprint density at radius 2 is 1.84 bits per heavy atom. The number of carboxylic acids is 1. The molecule has 2 saturated heterocycles. The summed E-state index contributed by atoms with van der Waals surface area (Å²) in [4.78, 5) is 63.8. The lowest BCUT2D eigenvalue weighted by Crippen LogP contribution is -2.56. The minimum Gasteiger partial charge on any atom is -0.484 e. The van der Waals surface area contributed by atoms with Crippen LogP contribution in [0.15, 0.2) is 24.3 Å². The summed E-state index contributed by atoms with van der Waals surface area (Å²) in [5.74, 6) is -3.04. The van der Waals surface area contributed by atoms with Crippen molar-refractivity contribution in [1.82, 2.24) is 20.7 Å². The van der Waals surface area contributed by atoms with E-state index in [0.717, 1.165) is 37.4 Å². The highest BCUT2D eigenvalue weighted by Gasteiger charge is 2.35. The number of rotatable bonds is 11. The normalized spacial score (nSPS) is 18.9. The average molecular weight is 532 g/mol. The number of nitrogens with one attached hydrogen (secondary N) is 2. The van der Waals surface area contributed by atoms with E-state index in [-0.39, 0.29) is 24.6 Å². The Hall–Kier alpha value is -3.51. The molecule has 0 spiro atoms. The molecule has 2 fully saturated rings. The third kappa shape index (κ3) is 8.25. The molecule has 2 heterocycles. The molecule has 2 aliphatic heterocycles. The predicted octanol–water partition coefficient (Wildman–Crippen LogP) is 0.516. The van der Waals surface area contributed by atoms with Gasteiger partial charge in [-0.15, -0.1) is 0 Å². The Bertz CT molecular complexity index is 1010. The van der Waals surface area contributed by atoms with Crippen LogP contribution in [-0.2, 0) is 19.2 Å². The topological polar surface area (TPSA) is 171 Å². The summed E-state index contributed by atoms with van der Waals surface area (Å²) >= 11 is 0. The summed E-state index contributed by atoms with van der Waals surface area (Å²) in [7, 11) is 0. The van der Waals surface area contributed by atoms with Gasteiger partial charge in [-0.1, -0.05) is 0 Å². The van der Waals surface area contributed by atoms with E-state index >= 15 is 0 Å². The number of hydrazine groups is 1. The van der Waals surface area contributed by atoms with Crippen LogP contribution in [-0.4, -0.2) is 83.4 Å². The first-order valence-electron chi connectivity index (χ1n) is 13.0. The van der Waals surface area contributed by atoms with E-state index in [9.17, 15) is 29.1 Å². The Morgan fingerprint density at radius 3 is 2.47 bits per heavy atom. The number of aliphatic carboxylic acids is 1. The van der Waals surface area contributed by atoms with Gasteiger partial charge in [-0.3, -0.25) is 24.0 Å². The number of nitrogens with zero attached hydrogens (tertiary/aromatic N) is 2. The molecule has 1 aromatic rings. The summed E-state index contributed by atoms with van der Waals surface area (Å²) in [6.07, 6.45) is 4.43. The lowest BCUT2D eigenvalue weighted by Gasteiger charge is -2.35. The number of ether oxygens (including phenoxy) is 1. The Labute approximate surface area is 221 Å². The predicted molar refractivity (Wildman–Crippen MR) is 137 cm³/mol. The number of piperidine rings is 2. The Kier molecular flexibility index (Phi) is 10.6. The van der Waals surface area contributed by atoms with Gasteiger partial charge in [-0.05, 0) is 82.3 Å². The van der Waals surface area contributed by atoms with Gasteiger partial charge in [0.1, 0.15) is 11.8 Å². The first-order valence-corrected chi connectivity index (χ1v) is 13.0. The molecule has 0 saturated carbocycles. The van der Waals surface area contributed by atoms with Crippen LogP contribution < -0.4 is 21.2 Å². The van der Waals surface area contributed by atoms with E-state index in [2.05, 4.69) is 10.7 Å². The highest BCUT2D eigenvalue weighted by molar-refractivity contribution is 6.05. The maximum Gasteiger partial charge on any atom is 0.322 e. The number of imide groups is 1. The molecule has 3 rings (SSSR count). The summed E-state index contributed by atoms with van der Waals surface area (Å²) < 4.78 is 5.19. The molecular formula is C26H37N5O7. The fourth-order valence-corrected chi connectivity index (χ4v) is 4.69. The molecule has 38 heavy (non-hydrogen) atoms. The molecule has 0 aromatic heterocycles. The van der Waals surface area contributed by atoms with Gasteiger partial charge in [0, 0.05) is 25.1 Å². The first kappa shape index (κ1) is 29.1. The van der Waals surface area contributed by atoms with Crippen LogP contribution >= 0.6 is 0 Å². The third-order valence-corrected chi connectivity index (χ3v) is 6.95. The number of primary amides is 1. The Morgan fingerprint density at radius 1 is 1.16 bits per heavy atom. The van der Waals surface area contributed by atoms with Gasteiger partial charge in [0.25, 0.3) is 11.8 Å². The summed E-state index contributed by atoms with van der Waals surface area (Å²) in [5, 5.41) is 13.4. The quantitative estimate of drug-likeness (QED) is 0.235. The Balaban J connectivity index is 1.68. The molecular weight excluding hydrogens is 494 g/mol. The summed E-state index contributed by atoms with van der Waals surface area (Å²) in [6, 6.07) is 4.49. The standard InChI is InChI=1S/C26H37N5O7/c1-17(26(36)37)29-31(24(34)19-5-7-21(8-6-19)38-16-22(27)32)25(35)20-3-2-14-30(15-20)23(33)9-4-18-10-12-28-13-11-18/h5-8,17-18,20,28-29H,2-4,9-16H2,1H3,(H2,27,32)(H,36,37)/t17-,20-/m1/s1. The van der Waals surface area contributed by atoms with Crippen molar-refractivity contribution in [3.05, 3.63) is 29.8 Å². The van der Waals surface area contributed by atoms with Crippen molar-refractivity contribution in [3.8, 4) is 5.75 Å². The van der Waals surface area contributed by atoms with Gasteiger partial charge in [-0.2, -0.15) is 0 Å². The second-order valence-corrected chi connectivity index (χ2v) is 9.86. The van der Waals surface area contributed by atoms with E-state index in [1.54, 1.807) is 4.90 Å². The number of likely N-dealkylation sites (tertiary alicyclic amines) is 1. The van der Waals surface area contributed by atoms with Gasteiger partial charge in [0.05, 0.1) is 5.92 Å². The molecule has 12 nitrogen and oxygen atoms in total. The van der Waals surface area contributed by atoms with Crippen molar-refractivity contribution in [2.24, 2.45) is 17.6 Å². The molecule has 12 heteroatoms. The van der Waals surface area contributed by atoms with Crippen LogP contribution in [0.1, 0.15) is 55.8 Å². The maximum absolute atomic E-state index is 13.5. The van der Waals surface area contributed by atoms with E-state index < -0.39 is 35.7 Å². The average Bonchev–Trinajstić information content (AvgIpc) is 2.93. The lowest BCUT2D eigenvalue weighted by molar-refractivity contribution is -0.144. The summed E-state index contributed by atoms with van der Waals surface area (Å²) in [5.41, 5.74) is 7.69. The molecule has 0 unspecified atom stereocenters. The molecule has 208 valence electrons. The fourth-order valence-electron chi connectivity index (χ4n) is 4.69. The maximum atomic E-state index is 13.5. The van der Waals surface area contributed by atoms with Crippen LogP contribution in [0.3, 0.4) is 0 Å². The van der Waals surface area contributed by atoms with Crippen LogP contribution in [0.4, 0.5) is 0 Å². The lowest BCUT2D eigenvalue weighted by atomic mass is 9.92. The van der Waals surface area contributed by atoms with Crippen molar-refractivity contribution in [2.75, 3.05) is 32.8 Å². The summed E-state index contributed by atoms with van der Waals surface area (Å²) in [6.45, 7) is 3.66. The SMILES string of the molecule is C[C@@H](NN(C(=O)c1ccc(OCC(N)=O)cc1)C(=O)[C@@H]1CCCN(C(=O)CCC2CCNCC2)C1)C(=O)O. The van der Waals surface area contributed by atoms with Crippen molar-refractivity contribution < 1.29 is 33.8 Å². The number of carbonyl (C=O) groups excluding carboxylic acids is 4. The van der Waals surface area contributed by atoms with E-state index in [0.29, 0.717) is 37.5 Å². The number of amides is 4. The number of hydrogen-bond donors (Lipinski definition) is 4. The van der Waals surface area contributed by atoms with Gasteiger partial charge in [0.15, 0.2) is 6.61 Å². The molecule has 1 aromatic carbocycles. The molecule has 2 atom stereocenters. The van der Waals surface area contributed by atoms with Gasteiger partial charge >= 0.3 is 5.97 Å². The van der Waals surface area contributed by atoms with Gasteiger partial charge < -0.3 is 25.8 Å². The monoisotopic (exact) mass is 531 g/mol. The van der Waals surface area contributed by atoms with Crippen LogP contribution in [0, 0.1) is 11.8 Å². The largest absolute Gasteiger partial charge is 0.484 e. The zero-order valence-electron chi connectivity index (χ0n) is 21.7. The van der Waals surface area contributed by atoms with E-state index in [1.165, 1.54) is 31.2 Å². The van der Waals surface area contributed by atoms with E-state index in [4.69, 9.17) is 10.5 Å². The van der Waals surface area contributed by atoms with Crippen molar-refractivity contribution in [2.45, 2.75) is 51.5 Å². The molecule has 2 aliphatic rings. The highest BCUT2D eigenvalue weighted by atomic mass is 16.5. The zero-order chi connectivity index (χ0) is 27.7. The second-order valence-electron chi connectivity index (χ2n) is 9.86. The minimum atomic E-state index is -1.23. The number of hydrogen-bond acceptors (Lipinski definition) is 8. The third-order valence-electron chi connectivity index (χ3n) is 6.95. The zero-order valence-corrected chi connectivity index (χ0v) is 21.7. The number of carbonyl (C=O) groups is 5. The highest BCUT2D eigenvalue weighted by Crippen LogP contribution is 2.23. The molecule has 0 radical (unpaired) electrons. The fraction of sp³-hybridized carbons (Fsp3) is 0.577. The van der Waals surface area contributed by atoms with Crippen molar-refractivity contribution >= 4 is 29.6 Å². The second kappa shape index (κ2) is 13.9. The molecule has 0 bridgehead atoms. The molecule has 5 N–H and O–H groups in total. The number of carboxylic acid groups (broad SMARTS) is 1. The van der Waals surface area contributed by atoms with Gasteiger partial charge in [-0.25, -0.2) is 10.4 Å². The minimum absolute atomic E-state index is 0.00248. The molecule has 4 amide bonds. The van der Waals surface area contributed by atoms with Crippen LogP contribution in [0.5, 0.6) is 5.75 Å². The first-order chi connectivity index (χ1) is 18.2. The van der Waals surface area contributed by atoms with E-state index in [1.807, 2.05) is 0 Å². The molecule has 0 aliphatic carbocycles. The van der Waals surface area contributed by atoms with Crippen LogP contribution in [0.25, 0.3) is 0 Å². The van der Waals surface area contributed by atoms with Crippen molar-refractivity contribution in [3.63, 3.8) is 0 Å². The van der Waals surface area contributed by atoms with Crippen LogP contribution in [0.2, 0.25) is 0 Å². The van der Waals surface area contributed by atoms with Crippen molar-refractivity contribution in [1.29, 1.82) is 0 Å². The number of nitrogens with two attached hydrogens (primary N) is 1.